The predicted molar refractivity (Wildman–Crippen MR) is 118 cm³/mol. The summed E-state index contributed by atoms with van der Waals surface area (Å²) in [6.07, 6.45) is 8.38. The van der Waals surface area contributed by atoms with Crippen molar-refractivity contribution in [3.8, 4) is 0 Å². The van der Waals surface area contributed by atoms with E-state index in [4.69, 9.17) is 0 Å². The molecule has 0 saturated carbocycles. The average Bonchev–Trinajstić information content (AvgIpc) is 3.32. The molecule has 4 aliphatic rings. The van der Waals surface area contributed by atoms with E-state index in [1.54, 1.807) is 0 Å². The maximum atomic E-state index is 3.28. The number of hydrogen-bond acceptors (Lipinski definition) is 5. The van der Waals surface area contributed by atoms with Crippen molar-refractivity contribution in [1.82, 2.24) is 26.6 Å². The van der Waals surface area contributed by atoms with E-state index in [1.807, 2.05) is 36.4 Å². The molecule has 4 aliphatic heterocycles. The van der Waals surface area contributed by atoms with Crippen LogP contribution in [0.4, 0.5) is 0 Å². The minimum absolute atomic E-state index is 1.14. The molecule has 1 aromatic rings. The highest BCUT2D eigenvalue weighted by atomic mass is 15.0. The summed E-state index contributed by atoms with van der Waals surface area (Å²) in [5, 5.41) is 16.1. The molecule has 5 heteroatoms. The van der Waals surface area contributed by atoms with Gasteiger partial charge in [0.25, 0.3) is 0 Å². The molecule has 1 aromatic carbocycles. The normalized spacial score (nSPS) is 20.4. The molecule has 0 radical (unpaired) electrons. The summed E-state index contributed by atoms with van der Waals surface area (Å²) in [7, 11) is 0. The van der Waals surface area contributed by atoms with Crippen molar-refractivity contribution in [1.29, 1.82) is 0 Å². The molecule has 0 aromatic heterocycles. The molecule has 0 aliphatic carbocycles. The van der Waals surface area contributed by atoms with Crippen LogP contribution in [0.3, 0.4) is 0 Å². The Morgan fingerprint density at radius 1 is 0.259 bits per heavy atom. The van der Waals surface area contributed by atoms with Crippen molar-refractivity contribution in [2.24, 2.45) is 0 Å². The fourth-order valence-electron chi connectivity index (χ4n) is 2.59. The Hall–Kier alpha value is -0.980. The van der Waals surface area contributed by atoms with E-state index < -0.39 is 0 Å². The highest BCUT2D eigenvalue weighted by molar-refractivity contribution is 4.99. The molecule has 0 spiro atoms. The van der Waals surface area contributed by atoms with Crippen LogP contribution >= 0.6 is 0 Å². The monoisotopic (exact) mass is 377 g/mol. The lowest BCUT2D eigenvalue weighted by molar-refractivity contribution is 0.520. The van der Waals surface area contributed by atoms with Crippen molar-refractivity contribution in [2.75, 3.05) is 65.4 Å². The SMILES string of the molecule is C1CCNC1.C1CCNCC1.C1CNC1.C1CNCCN1.c1ccccc1. The zero-order valence-electron chi connectivity index (χ0n) is 17.3. The first-order valence-electron chi connectivity index (χ1n) is 11.0. The van der Waals surface area contributed by atoms with Gasteiger partial charge in [0.1, 0.15) is 0 Å². The second kappa shape index (κ2) is 21.3. The van der Waals surface area contributed by atoms with Crippen LogP contribution in [0.1, 0.15) is 38.5 Å². The van der Waals surface area contributed by atoms with Crippen molar-refractivity contribution >= 4 is 0 Å². The molecule has 27 heavy (non-hydrogen) atoms. The fraction of sp³-hybridized carbons (Fsp3) is 0.727. The maximum absolute atomic E-state index is 3.28. The summed E-state index contributed by atoms with van der Waals surface area (Å²) in [5.41, 5.74) is 0. The van der Waals surface area contributed by atoms with E-state index in [-0.39, 0.29) is 0 Å². The summed E-state index contributed by atoms with van der Waals surface area (Å²) in [5.74, 6) is 0. The third-order valence-corrected chi connectivity index (χ3v) is 4.50. The van der Waals surface area contributed by atoms with E-state index in [9.17, 15) is 0 Å². The molecule has 5 nitrogen and oxygen atoms in total. The van der Waals surface area contributed by atoms with Gasteiger partial charge in [0.2, 0.25) is 0 Å². The van der Waals surface area contributed by atoms with Gasteiger partial charge < -0.3 is 26.6 Å². The molecule has 0 amide bonds. The van der Waals surface area contributed by atoms with Crippen LogP contribution in [0, 0.1) is 0 Å². The Kier molecular flexibility index (Phi) is 19.0. The Labute approximate surface area is 167 Å². The van der Waals surface area contributed by atoms with E-state index in [2.05, 4.69) is 26.6 Å². The standard InChI is InChI=1S/C6H6.C5H11N.C4H10N2.C4H9N.C3H7N/c2*1-2-4-6-5-3-1;1-2-6-4-3-5-1;1-2-4-5-3-1;1-2-4-3-1/h1-6H;6H,1-5H2;5-6H,1-4H2;5H,1-4H2;4H,1-3H2. The molecule has 0 unspecified atom stereocenters. The minimum atomic E-state index is 1.14. The lowest BCUT2D eigenvalue weighted by Crippen LogP contribution is -2.39. The first kappa shape index (κ1) is 24.1. The van der Waals surface area contributed by atoms with Crippen molar-refractivity contribution in [2.45, 2.75) is 38.5 Å². The van der Waals surface area contributed by atoms with Gasteiger partial charge in [-0.25, -0.2) is 0 Å². The molecule has 0 atom stereocenters. The smallest absolute Gasteiger partial charge is 0.00772 e. The Morgan fingerprint density at radius 3 is 0.630 bits per heavy atom. The van der Waals surface area contributed by atoms with Crippen LogP contribution in [0.2, 0.25) is 0 Å². The number of hydrogen-bond donors (Lipinski definition) is 5. The molecule has 4 fully saturated rings. The molecular formula is C22H43N5. The van der Waals surface area contributed by atoms with Crippen LogP contribution in [0.15, 0.2) is 36.4 Å². The summed E-state index contributed by atoms with van der Waals surface area (Å²) < 4.78 is 0. The number of benzene rings is 1. The first-order valence-corrected chi connectivity index (χ1v) is 11.0. The lowest BCUT2D eigenvalue weighted by atomic mass is 10.2. The average molecular weight is 378 g/mol. The maximum Gasteiger partial charge on any atom is 0.00772 e. The molecule has 4 saturated heterocycles. The summed E-state index contributed by atoms with van der Waals surface area (Å²) in [6, 6.07) is 12.0. The van der Waals surface area contributed by atoms with E-state index >= 15 is 0 Å². The third-order valence-electron chi connectivity index (χ3n) is 4.50. The zero-order valence-corrected chi connectivity index (χ0v) is 17.3. The van der Waals surface area contributed by atoms with Crippen molar-refractivity contribution in [3.63, 3.8) is 0 Å². The van der Waals surface area contributed by atoms with Gasteiger partial charge in [0.05, 0.1) is 0 Å². The Bertz CT molecular complexity index is 285. The van der Waals surface area contributed by atoms with Crippen LogP contribution in [-0.2, 0) is 0 Å². The van der Waals surface area contributed by atoms with Crippen LogP contribution in [0.5, 0.6) is 0 Å². The van der Waals surface area contributed by atoms with E-state index in [1.165, 1.54) is 77.8 Å². The molecule has 5 N–H and O–H groups in total. The van der Waals surface area contributed by atoms with Crippen molar-refractivity contribution in [3.05, 3.63) is 36.4 Å². The number of rotatable bonds is 0. The van der Waals surface area contributed by atoms with Gasteiger partial charge in [-0.3, -0.25) is 0 Å². The zero-order chi connectivity index (χ0) is 19.1. The van der Waals surface area contributed by atoms with Crippen LogP contribution in [-0.4, -0.2) is 65.4 Å². The van der Waals surface area contributed by atoms with Gasteiger partial charge in [-0.1, -0.05) is 42.8 Å². The third kappa shape index (κ3) is 19.6. The number of piperidine rings is 1. The summed E-state index contributed by atoms with van der Waals surface area (Å²) in [6.45, 7) is 12.1. The molecular weight excluding hydrogens is 334 g/mol. The quantitative estimate of drug-likeness (QED) is 0.479. The molecule has 156 valence electrons. The van der Waals surface area contributed by atoms with E-state index in [0.717, 1.165) is 26.2 Å². The van der Waals surface area contributed by atoms with Gasteiger partial charge >= 0.3 is 0 Å². The number of piperazine rings is 1. The Balaban J connectivity index is 0.000000170. The molecule has 5 rings (SSSR count). The van der Waals surface area contributed by atoms with Gasteiger partial charge in [-0.05, 0) is 71.4 Å². The van der Waals surface area contributed by atoms with Gasteiger partial charge in [0, 0.05) is 26.2 Å². The molecule has 4 heterocycles. The topological polar surface area (TPSA) is 60.1 Å². The highest BCUT2D eigenvalue weighted by Gasteiger charge is 1.94. The van der Waals surface area contributed by atoms with Crippen LogP contribution in [0.25, 0.3) is 0 Å². The first-order chi connectivity index (χ1) is 13.5. The second-order valence-electron chi connectivity index (χ2n) is 7.03. The second-order valence-corrected chi connectivity index (χ2v) is 7.03. The summed E-state index contributed by atoms with van der Waals surface area (Å²) >= 11 is 0. The lowest BCUT2D eigenvalue weighted by Gasteiger charge is -2.11. The predicted octanol–water partition coefficient (Wildman–Crippen LogP) is 1.98. The Morgan fingerprint density at radius 2 is 0.481 bits per heavy atom. The molecule has 0 bridgehead atoms. The van der Waals surface area contributed by atoms with Crippen LogP contribution < -0.4 is 26.6 Å². The summed E-state index contributed by atoms with van der Waals surface area (Å²) in [4.78, 5) is 0. The van der Waals surface area contributed by atoms with E-state index in [0.29, 0.717) is 0 Å². The van der Waals surface area contributed by atoms with Gasteiger partial charge in [-0.2, -0.15) is 0 Å². The highest BCUT2D eigenvalue weighted by Crippen LogP contribution is 1.96. The largest absolute Gasteiger partial charge is 0.317 e. The van der Waals surface area contributed by atoms with Gasteiger partial charge in [-0.15, -0.1) is 0 Å². The van der Waals surface area contributed by atoms with Crippen molar-refractivity contribution < 1.29 is 0 Å². The van der Waals surface area contributed by atoms with Gasteiger partial charge in [0.15, 0.2) is 0 Å². The number of nitrogens with one attached hydrogen (secondary N) is 5. The fourth-order valence-corrected chi connectivity index (χ4v) is 2.59. The minimum Gasteiger partial charge on any atom is -0.317 e.